The lowest BCUT2D eigenvalue weighted by Crippen LogP contribution is -2.38. The van der Waals surface area contributed by atoms with Gasteiger partial charge in [-0.1, -0.05) is 39.0 Å². The van der Waals surface area contributed by atoms with Crippen LogP contribution in [-0.4, -0.2) is 10.7 Å². The summed E-state index contributed by atoms with van der Waals surface area (Å²) in [7, 11) is 0. The summed E-state index contributed by atoms with van der Waals surface area (Å²) in [6.07, 6.45) is 5.53. The summed E-state index contributed by atoms with van der Waals surface area (Å²) in [5, 5.41) is 10.2. The molecule has 12 heavy (non-hydrogen) atoms. The third-order valence-corrected chi connectivity index (χ3v) is 2.44. The molecule has 0 aliphatic heterocycles. The summed E-state index contributed by atoms with van der Waals surface area (Å²) in [4.78, 5) is 0. The van der Waals surface area contributed by atoms with Crippen LogP contribution < -0.4 is 0 Å². The van der Waals surface area contributed by atoms with Crippen LogP contribution in [0.15, 0.2) is 24.8 Å². The molecule has 0 aromatic heterocycles. The fraction of sp³-hybridized carbons (Fsp3) is 0.636. The summed E-state index contributed by atoms with van der Waals surface area (Å²) in [6, 6.07) is 0. The topological polar surface area (TPSA) is 20.2 Å². The van der Waals surface area contributed by atoms with Crippen LogP contribution in [0.5, 0.6) is 0 Å². The van der Waals surface area contributed by atoms with E-state index < -0.39 is 5.60 Å². The van der Waals surface area contributed by atoms with E-state index in [1.807, 2.05) is 39.8 Å². The summed E-state index contributed by atoms with van der Waals surface area (Å²) in [5.74, 6) is 0.301. The quantitative estimate of drug-likeness (QED) is 0.640. The molecule has 2 atom stereocenters. The highest BCUT2D eigenvalue weighted by molar-refractivity contribution is 5.08. The zero-order valence-corrected chi connectivity index (χ0v) is 8.54. The molecule has 0 amide bonds. The van der Waals surface area contributed by atoms with E-state index in [1.165, 1.54) is 0 Å². The first kappa shape index (κ1) is 11.4. The van der Waals surface area contributed by atoms with Gasteiger partial charge >= 0.3 is 0 Å². The molecule has 0 bridgehead atoms. The van der Waals surface area contributed by atoms with E-state index in [9.17, 15) is 5.11 Å². The second-order valence-corrected chi connectivity index (χ2v) is 3.57. The Morgan fingerprint density at radius 1 is 1.33 bits per heavy atom. The summed E-state index contributed by atoms with van der Waals surface area (Å²) >= 11 is 0. The minimum absolute atomic E-state index is 0.0914. The lowest BCUT2D eigenvalue weighted by Gasteiger charge is -2.33. The molecule has 0 aliphatic carbocycles. The van der Waals surface area contributed by atoms with Gasteiger partial charge in [-0.25, -0.2) is 0 Å². The number of allylic oxidation sites excluding steroid dienone is 1. The van der Waals surface area contributed by atoms with Crippen molar-refractivity contribution in [1.82, 2.24) is 0 Å². The fourth-order valence-electron chi connectivity index (χ4n) is 1.33. The number of aliphatic hydroxyl groups is 1. The molecule has 0 saturated carbocycles. The third kappa shape index (κ3) is 2.21. The highest BCUT2D eigenvalue weighted by Gasteiger charge is 2.32. The van der Waals surface area contributed by atoms with Gasteiger partial charge in [0, 0.05) is 5.92 Å². The smallest absolute Gasteiger partial charge is 0.0909 e. The van der Waals surface area contributed by atoms with Crippen molar-refractivity contribution in [1.29, 1.82) is 0 Å². The molecule has 1 N–H and O–H groups in total. The van der Waals surface area contributed by atoms with Crippen LogP contribution in [0.1, 0.15) is 27.7 Å². The molecule has 0 rings (SSSR count). The highest BCUT2D eigenvalue weighted by atomic mass is 16.3. The maximum absolute atomic E-state index is 10.2. The van der Waals surface area contributed by atoms with Crippen LogP contribution in [0.25, 0.3) is 0 Å². The molecule has 70 valence electrons. The lowest BCUT2D eigenvalue weighted by molar-refractivity contribution is 0.00992. The van der Waals surface area contributed by atoms with Crippen molar-refractivity contribution in [2.75, 3.05) is 0 Å². The molecule has 0 unspecified atom stereocenters. The summed E-state index contributed by atoms with van der Waals surface area (Å²) in [6.45, 7) is 11.6. The Hall–Kier alpha value is -0.560. The standard InChI is InChI=1S/C11H20O/c1-6-8-11(12,9(3)4)10(5)7-2/h6-10,12H,2H2,1,3-5H3/b8-6+/t10-,11-/m1/s1. The van der Waals surface area contributed by atoms with Crippen molar-refractivity contribution in [2.45, 2.75) is 33.3 Å². The van der Waals surface area contributed by atoms with E-state index >= 15 is 0 Å². The van der Waals surface area contributed by atoms with Crippen LogP contribution >= 0.6 is 0 Å². The second kappa shape index (κ2) is 4.46. The molecular formula is C11H20O. The molecule has 0 aliphatic rings. The van der Waals surface area contributed by atoms with E-state index in [2.05, 4.69) is 6.58 Å². The Morgan fingerprint density at radius 3 is 2.08 bits per heavy atom. The van der Waals surface area contributed by atoms with Gasteiger partial charge in [0.25, 0.3) is 0 Å². The van der Waals surface area contributed by atoms with Gasteiger partial charge in [-0.05, 0) is 12.8 Å². The molecule has 0 radical (unpaired) electrons. The number of rotatable bonds is 4. The Morgan fingerprint density at radius 2 is 1.83 bits per heavy atom. The number of hydrogen-bond donors (Lipinski definition) is 1. The van der Waals surface area contributed by atoms with E-state index in [-0.39, 0.29) is 11.8 Å². The van der Waals surface area contributed by atoms with Crippen molar-refractivity contribution in [3.63, 3.8) is 0 Å². The minimum Gasteiger partial charge on any atom is -0.385 e. The van der Waals surface area contributed by atoms with Gasteiger partial charge in [0.15, 0.2) is 0 Å². The van der Waals surface area contributed by atoms with Crippen molar-refractivity contribution in [3.05, 3.63) is 24.8 Å². The van der Waals surface area contributed by atoms with Crippen LogP contribution in [0, 0.1) is 11.8 Å². The minimum atomic E-state index is -0.740. The Kier molecular flexibility index (Phi) is 4.25. The van der Waals surface area contributed by atoms with Gasteiger partial charge in [0.05, 0.1) is 5.60 Å². The highest BCUT2D eigenvalue weighted by Crippen LogP contribution is 2.28. The van der Waals surface area contributed by atoms with E-state index in [0.29, 0.717) is 0 Å². The lowest BCUT2D eigenvalue weighted by atomic mass is 9.79. The van der Waals surface area contributed by atoms with Crippen molar-refractivity contribution in [2.24, 2.45) is 11.8 Å². The van der Waals surface area contributed by atoms with E-state index in [0.717, 1.165) is 0 Å². The van der Waals surface area contributed by atoms with Crippen LogP contribution in [0.3, 0.4) is 0 Å². The molecular weight excluding hydrogens is 148 g/mol. The van der Waals surface area contributed by atoms with Gasteiger partial charge in [0.2, 0.25) is 0 Å². The third-order valence-electron chi connectivity index (χ3n) is 2.44. The Labute approximate surface area is 75.8 Å². The first-order valence-electron chi connectivity index (χ1n) is 4.47. The average molecular weight is 168 g/mol. The maximum Gasteiger partial charge on any atom is 0.0909 e. The second-order valence-electron chi connectivity index (χ2n) is 3.57. The van der Waals surface area contributed by atoms with E-state index in [1.54, 1.807) is 6.08 Å². The van der Waals surface area contributed by atoms with E-state index in [4.69, 9.17) is 0 Å². The average Bonchev–Trinajstić information content (AvgIpc) is 2.03. The van der Waals surface area contributed by atoms with Gasteiger partial charge in [-0.15, -0.1) is 6.58 Å². The van der Waals surface area contributed by atoms with Crippen LogP contribution in [0.4, 0.5) is 0 Å². The zero-order chi connectivity index (χ0) is 9.78. The maximum atomic E-state index is 10.2. The van der Waals surface area contributed by atoms with Crippen molar-refractivity contribution < 1.29 is 5.11 Å². The summed E-state index contributed by atoms with van der Waals surface area (Å²) < 4.78 is 0. The first-order valence-corrected chi connectivity index (χ1v) is 4.47. The molecule has 0 saturated heterocycles. The molecule has 1 heteroatoms. The Bertz CT molecular complexity index is 170. The molecule has 0 aromatic carbocycles. The van der Waals surface area contributed by atoms with Crippen molar-refractivity contribution >= 4 is 0 Å². The van der Waals surface area contributed by atoms with Crippen molar-refractivity contribution in [3.8, 4) is 0 Å². The molecule has 0 heterocycles. The van der Waals surface area contributed by atoms with Gasteiger partial charge in [0.1, 0.15) is 0 Å². The normalized spacial score (nSPS) is 19.5. The first-order chi connectivity index (χ1) is 5.49. The fourth-order valence-corrected chi connectivity index (χ4v) is 1.33. The van der Waals surface area contributed by atoms with Crippen LogP contribution in [-0.2, 0) is 0 Å². The predicted octanol–water partition coefficient (Wildman–Crippen LogP) is 2.77. The van der Waals surface area contributed by atoms with Gasteiger partial charge < -0.3 is 5.11 Å². The predicted molar refractivity (Wildman–Crippen MR) is 54.0 cm³/mol. The largest absolute Gasteiger partial charge is 0.385 e. The monoisotopic (exact) mass is 168 g/mol. The molecule has 0 fully saturated rings. The molecule has 1 nitrogen and oxygen atoms in total. The number of hydrogen-bond acceptors (Lipinski definition) is 1. The molecule has 0 spiro atoms. The van der Waals surface area contributed by atoms with Gasteiger partial charge in [-0.2, -0.15) is 0 Å². The SMILES string of the molecule is C=C[C@@H](C)[C@@](O)(/C=C/C)C(C)C. The van der Waals surface area contributed by atoms with Gasteiger partial charge in [-0.3, -0.25) is 0 Å². The van der Waals surface area contributed by atoms with Crippen LogP contribution in [0.2, 0.25) is 0 Å². The summed E-state index contributed by atoms with van der Waals surface area (Å²) in [5.41, 5.74) is -0.740. The molecule has 0 aromatic rings. The zero-order valence-electron chi connectivity index (χ0n) is 8.54. The Balaban J connectivity index is 4.72.